The Labute approximate surface area is 44.5 Å². The predicted molar refractivity (Wildman–Crippen MR) is 31.8 cm³/mol. The van der Waals surface area contributed by atoms with Gasteiger partial charge in [0.05, 0.1) is 0 Å². The number of rotatable bonds is 1. The highest BCUT2D eigenvalue weighted by molar-refractivity contribution is 6.00. The Morgan fingerprint density at radius 2 is 2.57 bits per heavy atom. The van der Waals surface area contributed by atoms with Crippen molar-refractivity contribution < 1.29 is 0 Å². The summed E-state index contributed by atoms with van der Waals surface area (Å²) in [6, 6.07) is 0. The van der Waals surface area contributed by atoms with Gasteiger partial charge in [-0.25, -0.2) is 0 Å². The van der Waals surface area contributed by atoms with Crippen molar-refractivity contribution >= 4 is 5.71 Å². The second-order valence-corrected chi connectivity index (χ2v) is 2.02. The van der Waals surface area contributed by atoms with E-state index in [1.54, 1.807) is 0 Å². The molecule has 1 unspecified atom stereocenters. The Morgan fingerprint density at radius 3 is 2.71 bits per heavy atom. The predicted octanol–water partition coefficient (Wildman–Crippen LogP) is 1.49. The van der Waals surface area contributed by atoms with Crippen molar-refractivity contribution in [2.24, 2.45) is 10.9 Å². The third kappa shape index (κ3) is 0.817. The SMILES string of the molecule is CCC1CC1=NC. The van der Waals surface area contributed by atoms with Gasteiger partial charge in [-0.15, -0.1) is 0 Å². The van der Waals surface area contributed by atoms with Crippen molar-refractivity contribution in [3.63, 3.8) is 0 Å². The molecule has 1 atom stereocenters. The Kier molecular flexibility index (Phi) is 1.13. The van der Waals surface area contributed by atoms with E-state index in [9.17, 15) is 0 Å². The van der Waals surface area contributed by atoms with Crippen LogP contribution in [0.3, 0.4) is 0 Å². The molecule has 1 nitrogen and oxygen atoms in total. The van der Waals surface area contributed by atoms with Crippen LogP contribution in [0.1, 0.15) is 19.8 Å². The lowest BCUT2D eigenvalue weighted by atomic mass is 10.3. The first-order valence-electron chi connectivity index (χ1n) is 2.84. The fourth-order valence-electron chi connectivity index (χ4n) is 0.847. The molecule has 0 spiro atoms. The second-order valence-electron chi connectivity index (χ2n) is 2.02. The summed E-state index contributed by atoms with van der Waals surface area (Å²) in [5.74, 6) is 0.866. The fraction of sp³-hybridized carbons (Fsp3) is 0.833. The summed E-state index contributed by atoms with van der Waals surface area (Å²) in [4.78, 5) is 4.07. The van der Waals surface area contributed by atoms with Crippen LogP contribution in [0, 0.1) is 5.92 Å². The summed E-state index contributed by atoms with van der Waals surface area (Å²) < 4.78 is 0. The molecule has 0 N–H and O–H groups in total. The van der Waals surface area contributed by atoms with Crippen LogP contribution in [0.4, 0.5) is 0 Å². The molecule has 0 bridgehead atoms. The van der Waals surface area contributed by atoms with Gasteiger partial charge < -0.3 is 0 Å². The quantitative estimate of drug-likeness (QED) is 0.470. The van der Waals surface area contributed by atoms with Gasteiger partial charge in [-0.1, -0.05) is 6.92 Å². The zero-order valence-corrected chi connectivity index (χ0v) is 4.94. The Hall–Kier alpha value is -0.330. The van der Waals surface area contributed by atoms with Gasteiger partial charge in [0.2, 0.25) is 0 Å². The maximum absolute atomic E-state index is 4.07. The van der Waals surface area contributed by atoms with E-state index < -0.39 is 0 Å². The monoisotopic (exact) mass is 97.1 g/mol. The van der Waals surface area contributed by atoms with Crippen LogP contribution in [0.15, 0.2) is 4.99 Å². The molecule has 1 fully saturated rings. The average molecular weight is 97.2 g/mol. The van der Waals surface area contributed by atoms with Crippen molar-refractivity contribution in [2.45, 2.75) is 19.8 Å². The molecule has 0 aromatic rings. The van der Waals surface area contributed by atoms with E-state index in [-0.39, 0.29) is 0 Å². The smallest absolute Gasteiger partial charge is 0.0276 e. The normalized spacial score (nSPS) is 34.0. The van der Waals surface area contributed by atoms with Crippen LogP contribution in [-0.4, -0.2) is 12.8 Å². The van der Waals surface area contributed by atoms with Crippen LogP contribution >= 0.6 is 0 Å². The third-order valence-corrected chi connectivity index (χ3v) is 1.55. The second kappa shape index (κ2) is 1.65. The van der Waals surface area contributed by atoms with Gasteiger partial charge in [-0.3, -0.25) is 4.99 Å². The summed E-state index contributed by atoms with van der Waals surface area (Å²) in [7, 11) is 1.88. The fourth-order valence-corrected chi connectivity index (χ4v) is 0.847. The molecule has 0 aromatic heterocycles. The van der Waals surface area contributed by atoms with Gasteiger partial charge in [0, 0.05) is 18.7 Å². The summed E-state index contributed by atoms with van der Waals surface area (Å²) >= 11 is 0. The summed E-state index contributed by atoms with van der Waals surface area (Å²) in [5.41, 5.74) is 1.42. The minimum absolute atomic E-state index is 0.866. The highest BCUT2D eigenvalue weighted by atomic mass is 14.7. The Bertz CT molecular complexity index is 94.4. The molecule has 1 saturated carbocycles. The minimum atomic E-state index is 0.866. The van der Waals surface area contributed by atoms with Gasteiger partial charge in [0.25, 0.3) is 0 Å². The molecule has 0 saturated heterocycles. The van der Waals surface area contributed by atoms with E-state index in [1.165, 1.54) is 18.6 Å². The van der Waals surface area contributed by atoms with Crippen molar-refractivity contribution in [2.75, 3.05) is 7.05 Å². The van der Waals surface area contributed by atoms with Gasteiger partial charge >= 0.3 is 0 Å². The minimum Gasteiger partial charge on any atom is -0.297 e. The standard InChI is InChI=1S/C6H11N/c1-3-5-4-6(5)7-2/h5H,3-4H2,1-2H3. The molecule has 0 aromatic carbocycles. The van der Waals surface area contributed by atoms with Crippen molar-refractivity contribution in [1.29, 1.82) is 0 Å². The van der Waals surface area contributed by atoms with Crippen molar-refractivity contribution in [3.8, 4) is 0 Å². The first kappa shape index (κ1) is 4.82. The van der Waals surface area contributed by atoms with Crippen LogP contribution in [-0.2, 0) is 0 Å². The lowest BCUT2D eigenvalue weighted by Gasteiger charge is -1.75. The number of nitrogens with zero attached hydrogens (tertiary/aromatic N) is 1. The van der Waals surface area contributed by atoms with Crippen molar-refractivity contribution in [3.05, 3.63) is 0 Å². The van der Waals surface area contributed by atoms with Crippen molar-refractivity contribution in [1.82, 2.24) is 0 Å². The first-order valence-corrected chi connectivity index (χ1v) is 2.84. The number of hydrogen-bond acceptors (Lipinski definition) is 1. The first-order chi connectivity index (χ1) is 3.38. The summed E-state index contributed by atoms with van der Waals surface area (Å²) in [6.07, 6.45) is 2.56. The van der Waals surface area contributed by atoms with E-state index in [0.29, 0.717) is 0 Å². The molecule has 1 aliphatic rings. The Morgan fingerprint density at radius 1 is 1.86 bits per heavy atom. The Balaban J connectivity index is 2.31. The maximum Gasteiger partial charge on any atom is 0.0276 e. The molecular formula is C6H11N. The van der Waals surface area contributed by atoms with Crippen LogP contribution < -0.4 is 0 Å². The average Bonchev–Trinajstić information content (AvgIpc) is 2.43. The van der Waals surface area contributed by atoms with E-state index in [4.69, 9.17) is 0 Å². The highest BCUT2D eigenvalue weighted by Gasteiger charge is 2.28. The molecule has 40 valence electrons. The van der Waals surface area contributed by atoms with Crippen LogP contribution in [0.25, 0.3) is 0 Å². The molecule has 0 aliphatic heterocycles. The number of hydrogen-bond donors (Lipinski definition) is 0. The molecule has 0 radical (unpaired) electrons. The lowest BCUT2D eigenvalue weighted by molar-refractivity contribution is 0.840. The number of aliphatic imine (C=N–C) groups is 1. The zero-order valence-electron chi connectivity index (χ0n) is 4.94. The van der Waals surface area contributed by atoms with Gasteiger partial charge in [-0.05, 0) is 12.8 Å². The highest BCUT2D eigenvalue weighted by Crippen LogP contribution is 2.28. The van der Waals surface area contributed by atoms with E-state index in [0.717, 1.165) is 5.92 Å². The topological polar surface area (TPSA) is 12.4 Å². The molecule has 0 heterocycles. The lowest BCUT2D eigenvalue weighted by Crippen LogP contribution is -1.72. The van der Waals surface area contributed by atoms with Crippen LogP contribution in [0.2, 0.25) is 0 Å². The largest absolute Gasteiger partial charge is 0.297 e. The summed E-state index contributed by atoms with van der Waals surface area (Å²) in [6.45, 7) is 2.21. The summed E-state index contributed by atoms with van der Waals surface area (Å²) in [5, 5.41) is 0. The van der Waals surface area contributed by atoms with E-state index in [1.807, 2.05) is 7.05 Å². The molecule has 1 heteroatoms. The zero-order chi connectivity index (χ0) is 5.28. The van der Waals surface area contributed by atoms with Gasteiger partial charge in [0.1, 0.15) is 0 Å². The van der Waals surface area contributed by atoms with Crippen LogP contribution in [0.5, 0.6) is 0 Å². The third-order valence-electron chi connectivity index (χ3n) is 1.55. The molecule has 1 aliphatic carbocycles. The molecular weight excluding hydrogens is 86.1 g/mol. The molecule has 0 amide bonds. The van der Waals surface area contributed by atoms with Gasteiger partial charge in [-0.2, -0.15) is 0 Å². The van der Waals surface area contributed by atoms with E-state index in [2.05, 4.69) is 11.9 Å². The molecule has 7 heavy (non-hydrogen) atoms. The van der Waals surface area contributed by atoms with Gasteiger partial charge in [0.15, 0.2) is 0 Å². The van der Waals surface area contributed by atoms with E-state index >= 15 is 0 Å². The maximum atomic E-state index is 4.07. The molecule has 1 rings (SSSR count).